The van der Waals surface area contributed by atoms with Crippen molar-refractivity contribution in [3.8, 4) is 0 Å². The molecule has 0 spiro atoms. The average Bonchev–Trinajstić information content (AvgIpc) is 2.20. The predicted octanol–water partition coefficient (Wildman–Crippen LogP) is -3.41. The first-order valence-electron chi connectivity index (χ1n) is 2.50. The fourth-order valence-corrected chi connectivity index (χ4v) is 0. The van der Waals surface area contributed by atoms with Crippen LogP contribution in [0.1, 0.15) is 0 Å². The van der Waals surface area contributed by atoms with E-state index < -0.39 is 0 Å². The second-order valence-corrected chi connectivity index (χ2v) is 0. The Morgan fingerprint density at radius 1 is 0.364 bits per heavy atom. The molecule has 0 fully saturated rings. The SMILES string of the molecule is [NH-][SiH3].[NH-][SiH3].[NH-][SiH3].[NH-][SiH3].[NH-][SiH3].[Ta+5]. The van der Waals surface area contributed by atoms with Crippen molar-refractivity contribution in [1.82, 2.24) is 0 Å². The van der Waals surface area contributed by atoms with Crippen molar-refractivity contribution in [3.05, 3.63) is 27.0 Å². The third kappa shape index (κ3) is 408. The minimum Gasteiger partial charge on any atom is -0.687 e. The van der Waals surface area contributed by atoms with Gasteiger partial charge < -0.3 is 27.0 Å². The Kier molecular flexibility index (Phi) is 1760. The van der Waals surface area contributed by atoms with Gasteiger partial charge in [-0.15, -0.1) is 52.0 Å². The van der Waals surface area contributed by atoms with Crippen LogP contribution in [0.3, 0.4) is 0 Å². The first-order chi connectivity index (χ1) is 5.00. The second kappa shape index (κ2) is 497. The van der Waals surface area contributed by atoms with Gasteiger partial charge in [0.15, 0.2) is 0 Å². The molecule has 0 amide bonds. The third-order valence-corrected chi connectivity index (χ3v) is 0. The Morgan fingerprint density at radius 2 is 0.364 bits per heavy atom. The normalized spacial score (nSPS) is 4.09. The summed E-state index contributed by atoms with van der Waals surface area (Å²) in [6, 6.07) is 0. The molecule has 5 N–H and O–H groups in total. The van der Waals surface area contributed by atoms with Gasteiger partial charge in [-0.3, -0.25) is 0 Å². The van der Waals surface area contributed by atoms with Gasteiger partial charge in [0.25, 0.3) is 0 Å². The van der Waals surface area contributed by atoms with E-state index in [1.807, 2.05) is 0 Å². The molecule has 0 aromatic rings. The predicted molar refractivity (Wildman–Crippen MR) is 71.3 cm³/mol. The number of hydrogen-bond acceptors (Lipinski definition) is 0. The Hall–Kier alpha value is 1.62. The number of hydrogen-bond donors (Lipinski definition) is 0. The van der Waals surface area contributed by atoms with Crippen LogP contribution in [0.5, 0.6) is 0 Å². The van der Waals surface area contributed by atoms with E-state index in [1.165, 1.54) is 0 Å². The fourth-order valence-electron chi connectivity index (χ4n) is 0. The monoisotopic (exact) mass is 411 g/mol. The van der Waals surface area contributed by atoms with Crippen LogP contribution in [0, 0.1) is 0 Å². The van der Waals surface area contributed by atoms with Crippen molar-refractivity contribution in [3.63, 3.8) is 0 Å². The fraction of sp³-hybridized carbons (Fsp3) is 0. The molecule has 11 heteroatoms. The van der Waals surface area contributed by atoms with Gasteiger partial charge in [0.1, 0.15) is 0 Å². The topological polar surface area (TPSA) is 119 Å². The van der Waals surface area contributed by atoms with Crippen molar-refractivity contribution >= 4 is 52.0 Å². The summed E-state index contributed by atoms with van der Waals surface area (Å²) in [5.74, 6) is 0. The molecule has 0 radical (unpaired) electrons. The van der Waals surface area contributed by atoms with E-state index in [0.717, 1.165) is 0 Å². The van der Waals surface area contributed by atoms with E-state index in [1.54, 1.807) is 0 Å². The van der Waals surface area contributed by atoms with E-state index >= 15 is 0 Å². The molecule has 0 saturated carbocycles. The summed E-state index contributed by atoms with van der Waals surface area (Å²) >= 11 is 0. The smallest absolute Gasteiger partial charge is 0.687 e. The maximum atomic E-state index is 5.89. The average molecular weight is 412 g/mol. The summed E-state index contributed by atoms with van der Waals surface area (Å²) in [4.78, 5) is 0. The molecule has 0 aromatic carbocycles. The Balaban J connectivity index is -0.00000000694. The van der Waals surface area contributed by atoms with Crippen molar-refractivity contribution in [1.29, 1.82) is 0 Å². The van der Waals surface area contributed by atoms with Gasteiger partial charge in [-0.05, 0) is 0 Å². The maximum absolute atomic E-state index is 5.89. The summed E-state index contributed by atoms with van der Waals surface area (Å²) in [7, 11) is 2.78. The molecule has 0 aromatic heterocycles. The van der Waals surface area contributed by atoms with Crippen LogP contribution in [-0.4, -0.2) is 52.0 Å². The molecule has 11 heavy (non-hydrogen) atoms. The molecular weight excluding hydrogens is 391 g/mol. The van der Waals surface area contributed by atoms with Gasteiger partial charge in [-0.1, -0.05) is 0 Å². The molecule has 0 saturated heterocycles. The quantitative estimate of drug-likeness (QED) is 0.369. The van der Waals surface area contributed by atoms with Crippen molar-refractivity contribution in [2.45, 2.75) is 0 Å². The van der Waals surface area contributed by atoms with Crippen molar-refractivity contribution in [2.24, 2.45) is 0 Å². The molecule has 0 atom stereocenters. The maximum Gasteiger partial charge on any atom is 5.00 e. The molecule has 5 nitrogen and oxygen atoms in total. The second-order valence-electron chi connectivity index (χ2n) is 0. The molecule has 0 aliphatic heterocycles. The van der Waals surface area contributed by atoms with E-state index in [-0.39, 0.29) is 22.4 Å². The van der Waals surface area contributed by atoms with Crippen molar-refractivity contribution in [2.75, 3.05) is 0 Å². The molecule has 0 rings (SSSR count). The largest absolute Gasteiger partial charge is 5.00 e. The van der Waals surface area contributed by atoms with Gasteiger partial charge in [-0.2, -0.15) is 0 Å². The van der Waals surface area contributed by atoms with Crippen LogP contribution in [0.25, 0.3) is 27.0 Å². The summed E-state index contributed by atoms with van der Waals surface area (Å²) in [5.41, 5.74) is 0. The number of rotatable bonds is 0. The van der Waals surface area contributed by atoms with Crippen LogP contribution >= 0.6 is 0 Å². The van der Waals surface area contributed by atoms with Gasteiger partial charge in [0.2, 0.25) is 0 Å². The molecule has 0 aliphatic carbocycles. The zero-order valence-corrected chi connectivity index (χ0v) is 21.2. The molecule has 0 bridgehead atoms. The van der Waals surface area contributed by atoms with Gasteiger partial charge >= 0.3 is 22.4 Å². The summed E-state index contributed by atoms with van der Waals surface area (Å²) in [6.45, 7) is 0. The van der Waals surface area contributed by atoms with Crippen LogP contribution in [0.15, 0.2) is 0 Å². The molecule has 0 unspecified atom stereocenters. The Morgan fingerprint density at radius 3 is 0.364 bits per heavy atom. The van der Waals surface area contributed by atoms with Gasteiger partial charge in [-0.25, -0.2) is 0 Å². The Bertz CT molecular complexity index is 14.8. The molecule has 0 heterocycles. The zero-order valence-electron chi connectivity index (χ0n) is 7.95. The molecule has 0 aliphatic rings. The first-order valence-corrected chi connectivity index (χ1v) is 7.50. The summed E-state index contributed by atoms with van der Waals surface area (Å²) < 4.78 is 0. The van der Waals surface area contributed by atoms with E-state index in [4.69, 9.17) is 27.0 Å². The van der Waals surface area contributed by atoms with E-state index in [9.17, 15) is 0 Å². The van der Waals surface area contributed by atoms with Crippen molar-refractivity contribution < 1.29 is 22.4 Å². The van der Waals surface area contributed by atoms with E-state index in [0.29, 0.717) is 52.0 Å². The summed E-state index contributed by atoms with van der Waals surface area (Å²) in [6.07, 6.45) is 0. The minimum absolute atomic E-state index is 0. The minimum atomic E-state index is 0. The first kappa shape index (κ1) is 38.9. The molecule has 70 valence electrons. The third-order valence-electron chi connectivity index (χ3n) is 0. The Labute approximate surface area is 101 Å². The molecular formula is H20N5Si5Ta. The summed E-state index contributed by atoms with van der Waals surface area (Å²) in [5, 5.41) is 29.4. The van der Waals surface area contributed by atoms with Crippen LogP contribution in [0.4, 0.5) is 0 Å². The van der Waals surface area contributed by atoms with Gasteiger partial charge in [0.05, 0.1) is 0 Å². The zero-order chi connectivity index (χ0) is 10.0. The number of nitrogens with one attached hydrogen (secondary N) is 5. The standard InChI is InChI=1S/5H4NSi.Ta/c5*1-2;/h5*1H,2H3;/q5*-1;+5. The van der Waals surface area contributed by atoms with Crippen LogP contribution < -0.4 is 0 Å². The van der Waals surface area contributed by atoms with Gasteiger partial charge in [0, 0.05) is 0 Å². The van der Waals surface area contributed by atoms with Crippen LogP contribution in [-0.2, 0) is 22.4 Å². The van der Waals surface area contributed by atoms with E-state index in [2.05, 4.69) is 0 Å². The van der Waals surface area contributed by atoms with Crippen LogP contribution in [0.2, 0.25) is 0 Å².